The number of imide groups is 1. The maximum Gasteiger partial charge on any atom is 0.236 e. The van der Waals surface area contributed by atoms with Crippen molar-refractivity contribution in [3.05, 3.63) is 12.2 Å². The largest absolute Gasteiger partial charge is 0.379 e. The molecule has 2 amide bonds. The summed E-state index contributed by atoms with van der Waals surface area (Å²) < 4.78 is 10.8. The van der Waals surface area contributed by atoms with Gasteiger partial charge in [0.25, 0.3) is 0 Å². The smallest absolute Gasteiger partial charge is 0.236 e. The summed E-state index contributed by atoms with van der Waals surface area (Å²) in [6.07, 6.45) is 3.36. The number of nitrogens with zero attached hydrogens (tertiary/aromatic N) is 1. The number of rotatable bonds is 5. The molecule has 3 rings (SSSR count). The lowest BCUT2D eigenvalue weighted by atomic mass is 9.85. The fraction of sp³-hybridized carbons (Fsp3) is 0.667. The van der Waals surface area contributed by atoms with Crippen LogP contribution < -0.4 is 0 Å². The summed E-state index contributed by atoms with van der Waals surface area (Å²) in [5, 5.41) is 0. The van der Waals surface area contributed by atoms with Gasteiger partial charge in [0, 0.05) is 5.75 Å². The highest BCUT2D eigenvalue weighted by molar-refractivity contribution is 7.80. The number of ether oxygens (including phenoxy) is 2. The number of hydrogen-bond acceptors (Lipinski definition) is 5. The lowest BCUT2D eigenvalue weighted by Gasteiger charge is -2.17. The fourth-order valence-electron chi connectivity index (χ4n) is 2.91. The van der Waals surface area contributed by atoms with E-state index in [1.54, 1.807) is 0 Å². The number of hydrogen-bond donors (Lipinski definition) is 1. The van der Waals surface area contributed by atoms with Gasteiger partial charge in [-0.2, -0.15) is 12.6 Å². The van der Waals surface area contributed by atoms with Gasteiger partial charge in [0.2, 0.25) is 11.8 Å². The standard InChI is InChI=1S/C12H15NO4S/c14-11-9-7-1-2-8(17-7)10(9)12(15)13(11)3-4-16-5-6-18/h1-2,7-10,18H,3-6H2. The van der Waals surface area contributed by atoms with Gasteiger partial charge in [0.15, 0.2) is 0 Å². The van der Waals surface area contributed by atoms with Crippen molar-refractivity contribution in [3.63, 3.8) is 0 Å². The van der Waals surface area contributed by atoms with Crippen molar-refractivity contribution in [1.29, 1.82) is 0 Å². The lowest BCUT2D eigenvalue weighted by molar-refractivity contribution is -0.143. The van der Waals surface area contributed by atoms with E-state index in [4.69, 9.17) is 9.47 Å². The van der Waals surface area contributed by atoms with Gasteiger partial charge < -0.3 is 9.47 Å². The first kappa shape index (κ1) is 12.2. The van der Waals surface area contributed by atoms with Crippen LogP contribution in [-0.2, 0) is 19.1 Å². The fourth-order valence-corrected chi connectivity index (χ4v) is 3.04. The number of fused-ring (bicyclic) bond motifs is 5. The average Bonchev–Trinajstić information content (AvgIpc) is 3.02. The highest BCUT2D eigenvalue weighted by atomic mass is 32.1. The van der Waals surface area contributed by atoms with E-state index in [1.807, 2.05) is 12.2 Å². The Kier molecular flexibility index (Phi) is 3.17. The number of carbonyl (C=O) groups excluding carboxylic acids is 2. The van der Waals surface area contributed by atoms with E-state index >= 15 is 0 Å². The van der Waals surface area contributed by atoms with Crippen molar-refractivity contribution >= 4 is 24.4 Å². The van der Waals surface area contributed by atoms with Crippen LogP contribution in [0.25, 0.3) is 0 Å². The first-order valence-corrected chi connectivity index (χ1v) is 6.75. The molecular formula is C12H15NO4S. The van der Waals surface area contributed by atoms with Gasteiger partial charge in [0.05, 0.1) is 43.8 Å². The van der Waals surface area contributed by atoms with Crippen LogP contribution in [-0.4, -0.2) is 54.4 Å². The van der Waals surface area contributed by atoms with E-state index in [1.165, 1.54) is 4.90 Å². The highest BCUT2D eigenvalue weighted by Gasteiger charge is 2.60. The summed E-state index contributed by atoms with van der Waals surface area (Å²) in [5.74, 6) is -0.211. The van der Waals surface area contributed by atoms with Crippen LogP contribution in [0.3, 0.4) is 0 Å². The zero-order chi connectivity index (χ0) is 12.7. The minimum absolute atomic E-state index is 0.115. The predicted octanol–water partition coefficient (Wildman–Crippen LogP) is -0.129. The average molecular weight is 269 g/mol. The Morgan fingerprint density at radius 3 is 2.33 bits per heavy atom. The van der Waals surface area contributed by atoms with E-state index in [2.05, 4.69) is 12.6 Å². The minimum Gasteiger partial charge on any atom is -0.379 e. The molecule has 2 bridgehead atoms. The lowest BCUT2D eigenvalue weighted by Crippen LogP contribution is -2.37. The molecule has 0 N–H and O–H groups in total. The molecule has 3 aliphatic heterocycles. The molecule has 0 aliphatic carbocycles. The van der Waals surface area contributed by atoms with E-state index in [0.717, 1.165) is 0 Å². The second kappa shape index (κ2) is 4.68. The summed E-state index contributed by atoms with van der Waals surface area (Å²) in [7, 11) is 0. The number of amides is 2. The summed E-state index contributed by atoms with van der Waals surface area (Å²) in [6.45, 7) is 1.24. The normalized spacial score (nSPS) is 36.8. The van der Waals surface area contributed by atoms with Gasteiger partial charge in [-0.05, 0) is 0 Å². The van der Waals surface area contributed by atoms with Crippen molar-refractivity contribution < 1.29 is 19.1 Å². The summed E-state index contributed by atoms with van der Waals surface area (Å²) in [5.41, 5.74) is 0. The molecule has 98 valence electrons. The molecule has 0 radical (unpaired) electrons. The first-order valence-electron chi connectivity index (χ1n) is 6.11. The molecule has 0 aromatic heterocycles. The molecular weight excluding hydrogens is 254 g/mol. The van der Waals surface area contributed by atoms with Crippen molar-refractivity contribution in [1.82, 2.24) is 4.90 Å². The molecule has 0 aromatic carbocycles. The zero-order valence-electron chi connectivity index (χ0n) is 9.82. The number of likely N-dealkylation sites (tertiary alicyclic amines) is 1. The molecule has 3 aliphatic rings. The highest BCUT2D eigenvalue weighted by Crippen LogP contribution is 2.44. The van der Waals surface area contributed by atoms with Crippen molar-refractivity contribution in [3.8, 4) is 0 Å². The van der Waals surface area contributed by atoms with Gasteiger partial charge >= 0.3 is 0 Å². The SMILES string of the molecule is O=C1C2C3C=CC(O3)C2C(=O)N1CCOCCS. The topological polar surface area (TPSA) is 55.8 Å². The molecule has 4 atom stereocenters. The van der Waals surface area contributed by atoms with Crippen molar-refractivity contribution in [2.45, 2.75) is 12.2 Å². The van der Waals surface area contributed by atoms with Crippen LogP contribution in [0.5, 0.6) is 0 Å². The quantitative estimate of drug-likeness (QED) is 0.327. The van der Waals surface area contributed by atoms with Crippen LogP contribution in [0.2, 0.25) is 0 Å². The van der Waals surface area contributed by atoms with Gasteiger partial charge in [-0.3, -0.25) is 14.5 Å². The third-order valence-electron chi connectivity index (χ3n) is 3.70. The van der Waals surface area contributed by atoms with E-state index in [-0.39, 0.29) is 35.9 Å². The Balaban J connectivity index is 1.65. The molecule has 0 saturated carbocycles. The third kappa shape index (κ3) is 1.71. The van der Waals surface area contributed by atoms with E-state index in [9.17, 15) is 9.59 Å². The summed E-state index contributed by atoms with van der Waals surface area (Å²) >= 11 is 4.03. The minimum atomic E-state index is -0.308. The van der Waals surface area contributed by atoms with E-state index in [0.29, 0.717) is 25.5 Å². The number of thiol groups is 1. The summed E-state index contributed by atoms with van der Waals surface area (Å²) in [6, 6.07) is 0. The van der Waals surface area contributed by atoms with Gasteiger partial charge in [-0.1, -0.05) is 12.2 Å². The second-order valence-electron chi connectivity index (χ2n) is 4.67. The third-order valence-corrected chi connectivity index (χ3v) is 3.88. The van der Waals surface area contributed by atoms with Crippen LogP contribution in [0.15, 0.2) is 12.2 Å². The van der Waals surface area contributed by atoms with Crippen LogP contribution in [0.1, 0.15) is 0 Å². The molecule has 3 heterocycles. The Hall–Kier alpha value is -0.850. The Morgan fingerprint density at radius 2 is 1.78 bits per heavy atom. The monoisotopic (exact) mass is 269 g/mol. The maximum absolute atomic E-state index is 12.2. The van der Waals surface area contributed by atoms with Crippen LogP contribution in [0, 0.1) is 11.8 Å². The predicted molar refractivity (Wildman–Crippen MR) is 66.2 cm³/mol. The molecule has 6 heteroatoms. The van der Waals surface area contributed by atoms with Gasteiger partial charge in [0.1, 0.15) is 0 Å². The Bertz CT molecular complexity index is 381. The molecule has 4 unspecified atom stereocenters. The van der Waals surface area contributed by atoms with Crippen molar-refractivity contribution in [2.24, 2.45) is 11.8 Å². The maximum atomic E-state index is 12.2. The molecule has 5 nitrogen and oxygen atoms in total. The number of carbonyl (C=O) groups is 2. The molecule has 2 saturated heterocycles. The zero-order valence-corrected chi connectivity index (χ0v) is 10.7. The molecule has 2 fully saturated rings. The molecule has 0 spiro atoms. The van der Waals surface area contributed by atoms with Crippen LogP contribution in [0.4, 0.5) is 0 Å². The first-order chi connectivity index (χ1) is 8.74. The molecule has 0 aromatic rings. The summed E-state index contributed by atoms with van der Waals surface area (Å²) in [4.78, 5) is 25.7. The van der Waals surface area contributed by atoms with Crippen LogP contribution >= 0.6 is 12.6 Å². The van der Waals surface area contributed by atoms with Gasteiger partial charge in [-0.15, -0.1) is 0 Å². The Labute approximate surface area is 111 Å². The Morgan fingerprint density at radius 1 is 1.17 bits per heavy atom. The van der Waals surface area contributed by atoms with Crippen molar-refractivity contribution in [2.75, 3.05) is 25.5 Å². The van der Waals surface area contributed by atoms with E-state index < -0.39 is 0 Å². The molecule has 18 heavy (non-hydrogen) atoms. The second-order valence-corrected chi connectivity index (χ2v) is 5.11. The van der Waals surface area contributed by atoms with Gasteiger partial charge in [-0.25, -0.2) is 0 Å².